The minimum Gasteiger partial charge on any atom is -0.452 e. The predicted octanol–water partition coefficient (Wildman–Crippen LogP) is 1.83. The zero-order chi connectivity index (χ0) is 13.8. The fourth-order valence-corrected chi connectivity index (χ4v) is 2.88. The number of carbonyl (C=O) groups is 2. The number of thiazole rings is 1. The molecule has 0 aromatic carbocycles. The van der Waals surface area contributed by atoms with Crippen LogP contribution < -0.4 is 5.73 Å². The average Bonchev–Trinajstić information content (AvgIpc) is 2.97. The molecular formula is C12H12N2O3S2. The second-order valence-electron chi connectivity index (χ2n) is 3.87. The SMILES string of the molecule is C[C@@H](OC(=O)Cc1csc(-c2ccsc2)n1)C(N)=O. The highest BCUT2D eigenvalue weighted by Gasteiger charge is 2.16. The van der Waals surface area contributed by atoms with Crippen LogP contribution in [0.1, 0.15) is 12.6 Å². The maximum absolute atomic E-state index is 11.6. The molecule has 2 heterocycles. The summed E-state index contributed by atoms with van der Waals surface area (Å²) in [6.45, 7) is 1.44. The van der Waals surface area contributed by atoms with E-state index in [-0.39, 0.29) is 6.42 Å². The first-order valence-corrected chi connectivity index (χ1v) is 7.34. The Labute approximate surface area is 118 Å². The molecule has 0 aliphatic heterocycles. The van der Waals surface area contributed by atoms with Crippen molar-refractivity contribution in [1.29, 1.82) is 0 Å². The Hall–Kier alpha value is -1.73. The van der Waals surface area contributed by atoms with Gasteiger partial charge in [-0.25, -0.2) is 4.98 Å². The van der Waals surface area contributed by atoms with E-state index in [1.165, 1.54) is 18.3 Å². The summed E-state index contributed by atoms with van der Waals surface area (Å²) >= 11 is 3.06. The van der Waals surface area contributed by atoms with Crippen LogP contribution in [0, 0.1) is 0 Å². The van der Waals surface area contributed by atoms with Crippen molar-refractivity contribution in [1.82, 2.24) is 4.98 Å². The number of rotatable bonds is 5. The van der Waals surface area contributed by atoms with Crippen LogP contribution in [0.25, 0.3) is 10.6 Å². The fraction of sp³-hybridized carbons (Fsp3) is 0.250. The van der Waals surface area contributed by atoms with Gasteiger partial charge in [0, 0.05) is 16.3 Å². The van der Waals surface area contributed by atoms with Crippen LogP contribution in [0.15, 0.2) is 22.2 Å². The van der Waals surface area contributed by atoms with Gasteiger partial charge in [-0.3, -0.25) is 9.59 Å². The average molecular weight is 296 g/mol. The molecule has 2 aromatic heterocycles. The van der Waals surface area contributed by atoms with Crippen molar-refractivity contribution in [2.75, 3.05) is 0 Å². The third-order valence-electron chi connectivity index (χ3n) is 2.35. The lowest BCUT2D eigenvalue weighted by molar-refractivity contribution is -0.153. The van der Waals surface area contributed by atoms with Gasteiger partial charge in [-0.2, -0.15) is 11.3 Å². The van der Waals surface area contributed by atoms with Crippen molar-refractivity contribution in [2.45, 2.75) is 19.4 Å². The number of amides is 1. The normalized spacial score (nSPS) is 12.1. The van der Waals surface area contributed by atoms with Crippen molar-refractivity contribution in [3.05, 3.63) is 27.9 Å². The van der Waals surface area contributed by atoms with Gasteiger partial charge in [0.2, 0.25) is 0 Å². The second-order valence-corrected chi connectivity index (χ2v) is 5.51. The summed E-state index contributed by atoms with van der Waals surface area (Å²) in [6, 6.07) is 1.97. The minimum atomic E-state index is -0.914. The van der Waals surface area contributed by atoms with Crippen LogP contribution in [0.3, 0.4) is 0 Å². The van der Waals surface area contributed by atoms with E-state index in [1.807, 2.05) is 22.2 Å². The lowest BCUT2D eigenvalue weighted by Crippen LogP contribution is -2.30. The number of carbonyl (C=O) groups excluding carboxylic acids is 2. The highest BCUT2D eigenvalue weighted by atomic mass is 32.1. The number of ether oxygens (including phenoxy) is 1. The maximum atomic E-state index is 11.6. The van der Waals surface area contributed by atoms with E-state index in [2.05, 4.69) is 4.98 Å². The third kappa shape index (κ3) is 3.62. The van der Waals surface area contributed by atoms with Crippen LogP contribution in [-0.4, -0.2) is 23.0 Å². The van der Waals surface area contributed by atoms with Gasteiger partial charge in [-0.05, 0) is 18.4 Å². The molecule has 1 amide bonds. The van der Waals surface area contributed by atoms with E-state index in [1.54, 1.807) is 11.3 Å². The van der Waals surface area contributed by atoms with Crippen molar-refractivity contribution in [2.24, 2.45) is 5.73 Å². The van der Waals surface area contributed by atoms with Crippen molar-refractivity contribution >= 4 is 34.6 Å². The van der Waals surface area contributed by atoms with Crippen LogP contribution in [0.5, 0.6) is 0 Å². The highest BCUT2D eigenvalue weighted by molar-refractivity contribution is 7.14. The zero-order valence-electron chi connectivity index (χ0n) is 10.2. The quantitative estimate of drug-likeness (QED) is 0.853. The standard InChI is InChI=1S/C12H12N2O3S2/c1-7(11(13)16)17-10(15)4-9-6-19-12(14-9)8-2-3-18-5-8/h2-3,5-7H,4H2,1H3,(H2,13,16)/t7-/m1/s1. The Morgan fingerprint density at radius 1 is 1.47 bits per heavy atom. The number of hydrogen-bond acceptors (Lipinski definition) is 6. The number of primary amides is 1. The van der Waals surface area contributed by atoms with Crippen LogP contribution in [-0.2, 0) is 20.7 Å². The molecule has 0 aliphatic rings. The van der Waals surface area contributed by atoms with Gasteiger partial charge in [0.05, 0.1) is 12.1 Å². The molecule has 1 atom stereocenters. The largest absolute Gasteiger partial charge is 0.452 e. The zero-order valence-corrected chi connectivity index (χ0v) is 11.8. The first-order valence-electron chi connectivity index (χ1n) is 5.52. The smallest absolute Gasteiger partial charge is 0.312 e. The molecule has 2 rings (SSSR count). The molecule has 2 N–H and O–H groups in total. The van der Waals surface area contributed by atoms with Gasteiger partial charge >= 0.3 is 5.97 Å². The van der Waals surface area contributed by atoms with Crippen LogP contribution in [0.2, 0.25) is 0 Å². The Morgan fingerprint density at radius 2 is 2.26 bits per heavy atom. The highest BCUT2D eigenvalue weighted by Crippen LogP contribution is 2.25. The number of thiophene rings is 1. The summed E-state index contributed by atoms with van der Waals surface area (Å²) < 4.78 is 4.87. The number of aromatic nitrogens is 1. The van der Waals surface area contributed by atoms with E-state index in [0.29, 0.717) is 5.69 Å². The molecule has 0 saturated heterocycles. The maximum Gasteiger partial charge on any atom is 0.312 e. The third-order valence-corrected chi connectivity index (χ3v) is 3.98. The van der Waals surface area contributed by atoms with Crippen molar-refractivity contribution < 1.29 is 14.3 Å². The number of nitrogens with zero attached hydrogens (tertiary/aromatic N) is 1. The van der Waals surface area contributed by atoms with E-state index < -0.39 is 18.0 Å². The summed E-state index contributed by atoms with van der Waals surface area (Å²) in [7, 11) is 0. The van der Waals surface area contributed by atoms with Gasteiger partial charge in [0.15, 0.2) is 6.10 Å². The molecule has 0 unspecified atom stereocenters. The Morgan fingerprint density at radius 3 is 2.89 bits per heavy atom. The first-order chi connectivity index (χ1) is 9.06. The summed E-state index contributed by atoms with van der Waals surface area (Å²) in [4.78, 5) is 26.7. The summed E-state index contributed by atoms with van der Waals surface area (Å²) in [5.74, 6) is -1.17. The molecule has 0 radical (unpaired) electrons. The van der Waals surface area contributed by atoms with Gasteiger partial charge in [-0.15, -0.1) is 11.3 Å². The topological polar surface area (TPSA) is 82.3 Å². The van der Waals surface area contributed by atoms with E-state index in [0.717, 1.165) is 10.6 Å². The van der Waals surface area contributed by atoms with Gasteiger partial charge in [0.25, 0.3) is 5.91 Å². The Balaban J connectivity index is 1.97. The molecular weight excluding hydrogens is 284 g/mol. The number of nitrogens with two attached hydrogens (primary N) is 1. The molecule has 19 heavy (non-hydrogen) atoms. The summed E-state index contributed by atoms with van der Waals surface area (Å²) in [6.07, 6.45) is -0.874. The molecule has 0 bridgehead atoms. The molecule has 0 saturated carbocycles. The first kappa shape index (κ1) is 13.7. The van der Waals surface area contributed by atoms with Gasteiger partial charge < -0.3 is 10.5 Å². The molecule has 2 aromatic rings. The monoisotopic (exact) mass is 296 g/mol. The predicted molar refractivity (Wildman–Crippen MR) is 73.9 cm³/mol. The number of hydrogen-bond donors (Lipinski definition) is 1. The molecule has 0 spiro atoms. The number of esters is 1. The summed E-state index contributed by atoms with van der Waals surface area (Å²) in [5, 5.41) is 6.64. The lowest BCUT2D eigenvalue weighted by Gasteiger charge is -2.08. The fourth-order valence-electron chi connectivity index (χ4n) is 1.35. The Kier molecular flexibility index (Phi) is 4.28. The Bertz CT molecular complexity index is 578. The van der Waals surface area contributed by atoms with E-state index >= 15 is 0 Å². The molecule has 7 heteroatoms. The summed E-state index contributed by atoms with van der Waals surface area (Å²) in [5.41, 5.74) is 6.69. The molecule has 100 valence electrons. The van der Waals surface area contributed by atoms with Crippen molar-refractivity contribution in [3.8, 4) is 10.6 Å². The van der Waals surface area contributed by atoms with Crippen molar-refractivity contribution in [3.63, 3.8) is 0 Å². The van der Waals surface area contributed by atoms with Crippen LogP contribution >= 0.6 is 22.7 Å². The van der Waals surface area contributed by atoms with E-state index in [4.69, 9.17) is 10.5 Å². The molecule has 0 aliphatic carbocycles. The lowest BCUT2D eigenvalue weighted by atomic mass is 10.3. The van der Waals surface area contributed by atoms with Gasteiger partial charge in [-0.1, -0.05) is 0 Å². The molecule has 5 nitrogen and oxygen atoms in total. The van der Waals surface area contributed by atoms with Gasteiger partial charge in [0.1, 0.15) is 5.01 Å². The van der Waals surface area contributed by atoms with Crippen LogP contribution in [0.4, 0.5) is 0 Å². The van der Waals surface area contributed by atoms with E-state index in [9.17, 15) is 9.59 Å². The minimum absolute atomic E-state index is 0.0399. The molecule has 0 fully saturated rings. The second kappa shape index (κ2) is 5.94.